The maximum atomic E-state index is 12.3. The second kappa shape index (κ2) is 6.77. The molecule has 1 fully saturated rings. The lowest BCUT2D eigenvalue weighted by Crippen LogP contribution is -2.27. The van der Waals surface area contributed by atoms with Crippen LogP contribution in [0.4, 0.5) is 0 Å². The molecule has 1 saturated carbocycles. The van der Waals surface area contributed by atoms with Crippen LogP contribution in [0.2, 0.25) is 0 Å². The van der Waals surface area contributed by atoms with Crippen LogP contribution in [0.3, 0.4) is 0 Å². The number of rotatable bonds is 8. The summed E-state index contributed by atoms with van der Waals surface area (Å²) in [5.41, 5.74) is 0.859. The summed E-state index contributed by atoms with van der Waals surface area (Å²) in [6, 6.07) is 5.13. The zero-order valence-corrected chi connectivity index (χ0v) is 13.7. The van der Waals surface area contributed by atoms with Crippen molar-refractivity contribution in [2.75, 3.05) is 13.7 Å². The lowest BCUT2D eigenvalue weighted by atomic mass is 10.2. The number of hydrogen-bond acceptors (Lipinski definition) is 4. The summed E-state index contributed by atoms with van der Waals surface area (Å²) in [7, 11) is -1.61. The van der Waals surface area contributed by atoms with Gasteiger partial charge in [0.25, 0.3) is 0 Å². The Morgan fingerprint density at radius 3 is 2.67 bits per heavy atom. The van der Waals surface area contributed by atoms with Crippen molar-refractivity contribution in [2.45, 2.75) is 44.2 Å². The highest BCUT2D eigenvalue weighted by atomic mass is 32.2. The molecule has 0 bridgehead atoms. The molecule has 2 rings (SSSR count). The fraction of sp³-hybridized carbons (Fsp3) is 0.600. The van der Waals surface area contributed by atoms with Crippen LogP contribution in [-0.2, 0) is 16.6 Å². The van der Waals surface area contributed by atoms with Crippen LogP contribution in [0.1, 0.15) is 32.3 Å². The molecule has 0 spiro atoms. The highest BCUT2D eigenvalue weighted by molar-refractivity contribution is 7.89. The molecule has 1 aromatic carbocycles. The SMILES string of the molecule is CCCOc1ccc(S(=O)(=O)NC2CC2C)cc1CNC. The second-order valence-electron chi connectivity index (χ2n) is 5.59. The van der Waals surface area contributed by atoms with E-state index in [1.54, 1.807) is 18.2 Å². The summed E-state index contributed by atoms with van der Waals surface area (Å²) in [5.74, 6) is 1.17. The van der Waals surface area contributed by atoms with Gasteiger partial charge >= 0.3 is 0 Å². The lowest BCUT2D eigenvalue weighted by molar-refractivity contribution is 0.313. The van der Waals surface area contributed by atoms with Gasteiger partial charge in [0.15, 0.2) is 0 Å². The monoisotopic (exact) mass is 312 g/mol. The van der Waals surface area contributed by atoms with Gasteiger partial charge in [-0.25, -0.2) is 13.1 Å². The standard InChI is InChI=1S/C15H24N2O3S/c1-4-7-20-15-6-5-13(9-12(15)10-16-3)21(18,19)17-14-8-11(14)2/h5-6,9,11,14,16-17H,4,7-8,10H2,1-3H3. The van der Waals surface area contributed by atoms with Crippen LogP contribution >= 0.6 is 0 Å². The molecule has 0 aliphatic heterocycles. The van der Waals surface area contributed by atoms with Gasteiger partial charge in [-0.15, -0.1) is 0 Å². The fourth-order valence-corrected chi connectivity index (χ4v) is 3.57. The molecular weight excluding hydrogens is 288 g/mol. The minimum absolute atomic E-state index is 0.0822. The molecule has 2 unspecified atom stereocenters. The molecule has 0 aromatic heterocycles. The first kappa shape index (κ1) is 16.3. The highest BCUT2D eigenvalue weighted by Crippen LogP contribution is 2.31. The van der Waals surface area contributed by atoms with Gasteiger partial charge in [-0.05, 0) is 44.0 Å². The molecule has 5 nitrogen and oxygen atoms in total. The van der Waals surface area contributed by atoms with E-state index in [0.29, 0.717) is 24.0 Å². The molecule has 2 atom stereocenters. The summed E-state index contributed by atoms with van der Waals surface area (Å²) >= 11 is 0. The summed E-state index contributed by atoms with van der Waals surface area (Å²) < 4.78 is 33.1. The Hall–Kier alpha value is -1.11. The maximum absolute atomic E-state index is 12.3. The third kappa shape index (κ3) is 4.18. The minimum atomic E-state index is -3.44. The van der Waals surface area contributed by atoms with Crippen LogP contribution in [0, 0.1) is 5.92 Å². The van der Waals surface area contributed by atoms with Crippen molar-refractivity contribution in [3.8, 4) is 5.75 Å². The third-order valence-electron chi connectivity index (χ3n) is 3.59. The molecular formula is C15H24N2O3S. The average molecular weight is 312 g/mol. The zero-order valence-electron chi connectivity index (χ0n) is 12.8. The summed E-state index contributed by atoms with van der Waals surface area (Å²) in [6.07, 6.45) is 1.83. The van der Waals surface area contributed by atoms with Gasteiger partial charge in [-0.3, -0.25) is 0 Å². The van der Waals surface area contributed by atoms with Gasteiger partial charge in [0.2, 0.25) is 10.0 Å². The molecule has 0 radical (unpaired) electrons. The van der Waals surface area contributed by atoms with Crippen LogP contribution in [-0.4, -0.2) is 28.1 Å². The predicted octanol–water partition coefficient (Wildman–Crippen LogP) is 1.88. The fourth-order valence-electron chi connectivity index (χ4n) is 2.16. The van der Waals surface area contributed by atoms with Crippen molar-refractivity contribution in [3.63, 3.8) is 0 Å². The summed E-state index contributed by atoms with van der Waals surface area (Å²) in [6.45, 7) is 5.28. The van der Waals surface area contributed by atoms with Crippen LogP contribution < -0.4 is 14.8 Å². The van der Waals surface area contributed by atoms with E-state index in [1.165, 1.54) is 0 Å². The van der Waals surface area contributed by atoms with Crippen LogP contribution in [0.5, 0.6) is 5.75 Å². The Morgan fingerprint density at radius 2 is 2.10 bits per heavy atom. The Morgan fingerprint density at radius 1 is 1.38 bits per heavy atom. The second-order valence-corrected chi connectivity index (χ2v) is 7.30. The first-order chi connectivity index (χ1) is 9.97. The normalized spacial score (nSPS) is 21.3. The molecule has 0 amide bonds. The van der Waals surface area contributed by atoms with Crippen molar-refractivity contribution >= 4 is 10.0 Å². The molecule has 0 heterocycles. The molecule has 1 aromatic rings. The quantitative estimate of drug-likeness (QED) is 0.769. The van der Waals surface area contributed by atoms with Gasteiger partial charge < -0.3 is 10.1 Å². The summed E-state index contributed by atoms with van der Waals surface area (Å²) in [4.78, 5) is 0.302. The molecule has 21 heavy (non-hydrogen) atoms. The van der Waals surface area contributed by atoms with E-state index < -0.39 is 10.0 Å². The predicted molar refractivity (Wildman–Crippen MR) is 82.9 cm³/mol. The minimum Gasteiger partial charge on any atom is -0.493 e. The van der Waals surface area contributed by atoms with Crippen molar-refractivity contribution in [1.29, 1.82) is 0 Å². The van der Waals surface area contributed by atoms with Crippen molar-refractivity contribution in [3.05, 3.63) is 23.8 Å². The largest absolute Gasteiger partial charge is 0.493 e. The molecule has 2 N–H and O–H groups in total. The Kier molecular flexibility index (Phi) is 5.24. The number of sulfonamides is 1. The zero-order chi connectivity index (χ0) is 15.5. The van der Waals surface area contributed by atoms with Crippen molar-refractivity contribution in [1.82, 2.24) is 10.0 Å². The van der Waals surface area contributed by atoms with E-state index in [2.05, 4.69) is 10.0 Å². The van der Waals surface area contributed by atoms with Crippen molar-refractivity contribution < 1.29 is 13.2 Å². The van der Waals surface area contributed by atoms with E-state index in [0.717, 1.165) is 24.2 Å². The molecule has 6 heteroatoms. The van der Waals surface area contributed by atoms with E-state index in [-0.39, 0.29) is 6.04 Å². The molecule has 1 aliphatic rings. The van der Waals surface area contributed by atoms with Crippen molar-refractivity contribution in [2.24, 2.45) is 5.92 Å². The molecule has 118 valence electrons. The van der Waals surface area contributed by atoms with Gasteiger partial charge in [-0.1, -0.05) is 13.8 Å². The van der Waals surface area contributed by atoms with Gasteiger partial charge in [0.05, 0.1) is 11.5 Å². The van der Waals surface area contributed by atoms with E-state index in [1.807, 2.05) is 20.9 Å². The van der Waals surface area contributed by atoms with E-state index in [4.69, 9.17) is 4.74 Å². The highest BCUT2D eigenvalue weighted by Gasteiger charge is 2.36. The van der Waals surface area contributed by atoms with Gasteiger partial charge in [-0.2, -0.15) is 0 Å². The Balaban J connectivity index is 2.21. The maximum Gasteiger partial charge on any atom is 0.240 e. The van der Waals surface area contributed by atoms with Crippen LogP contribution in [0.25, 0.3) is 0 Å². The Bertz CT molecular complexity index is 587. The molecule has 1 aliphatic carbocycles. The van der Waals surface area contributed by atoms with Gasteiger partial charge in [0, 0.05) is 18.2 Å². The van der Waals surface area contributed by atoms with E-state index in [9.17, 15) is 8.42 Å². The average Bonchev–Trinajstić information content (AvgIpc) is 3.12. The first-order valence-electron chi connectivity index (χ1n) is 7.40. The molecule has 0 saturated heterocycles. The topological polar surface area (TPSA) is 67.4 Å². The Labute approximate surface area is 127 Å². The third-order valence-corrected chi connectivity index (χ3v) is 5.07. The smallest absolute Gasteiger partial charge is 0.240 e. The van der Waals surface area contributed by atoms with Crippen LogP contribution in [0.15, 0.2) is 23.1 Å². The number of ether oxygens (including phenoxy) is 1. The number of nitrogens with one attached hydrogen (secondary N) is 2. The lowest BCUT2D eigenvalue weighted by Gasteiger charge is -2.13. The first-order valence-corrected chi connectivity index (χ1v) is 8.89. The number of hydrogen-bond donors (Lipinski definition) is 2. The van der Waals surface area contributed by atoms with Gasteiger partial charge in [0.1, 0.15) is 5.75 Å². The summed E-state index contributed by atoms with van der Waals surface area (Å²) in [5, 5.41) is 3.04. The number of benzene rings is 1. The van der Waals surface area contributed by atoms with E-state index >= 15 is 0 Å².